The van der Waals surface area contributed by atoms with E-state index in [2.05, 4.69) is 10.6 Å². The number of hydrogen-bond donors (Lipinski definition) is 2. The van der Waals surface area contributed by atoms with Crippen LogP contribution in [0.5, 0.6) is 0 Å². The highest BCUT2D eigenvalue weighted by Crippen LogP contribution is 2.15. The monoisotopic (exact) mass is 262 g/mol. The summed E-state index contributed by atoms with van der Waals surface area (Å²) in [6.07, 6.45) is 3.51. The topological polar surface area (TPSA) is 50.4 Å². The summed E-state index contributed by atoms with van der Waals surface area (Å²) in [5.74, 6) is -0.0115. The third kappa shape index (κ3) is 4.24. The number of carbonyl (C=O) groups is 1. The normalized spacial score (nSPS) is 18.3. The Bertz CT molecular complexity index is 414. The first-order valence-electron chi connectivity index (χ1n) is 7.03. The first kappa shape index (κ1) is 13.9. The largest absolute Gasteiger partial charge is 0.382 e. The third-order valence-electron chi connectivity index (χ3n) is 3.22. The van der Waals surface area contributed by atoms with Crippen LogP contribution in [0.15, 0.2) is 24.3 Å². The highest BCUT2D eigenvalue weighted by atomic mass is 16.5. The van der Waals surface area contributed by atoms with Crippen molar-refractivity contribution >= 4 is 11.6 Å². The third-order valence-corrected chi connectivity index (χ3v) is 3.22. The molecule has 0 saturated carbocycles. The summed E-state index contributed by atoms with van der Waals surface area (Å²) in [6.45, 7) is 4.43. The van der Waals surface area contributed by atoms with Crippen LogP contribution < -0.4 is 10.6 Å². The van der Waals surface area contributed by atoms with Gasteiger partial charge in [0.2, 0.25) is 0 Å². The Hall–Kier alpha value is -1.55. The van der Waals surface area contributed by atoms with Crippen molar-refractivity contribution in [3.8, 4) is 0 Å². The van der Waals surface area contributed by atoms with E-state index in [1.54, 1.807) is 0 Å². The molecule has 1 aromatic rings. The van der Waals surface area contributed by atoms with Gasteiger partial charge >= 0.3 is 0 Å². The number of hydrogen-bond acceptors (Lipinski definition) is 3. The molecule has 4 nitrogen and oxygen atoms in total. The van der Waals surface area contributed by atoms with Gasteiger partial charge in [0.05, 0.1) is 6.10 Å². The minimum absolute atomic E-state index is 0.0115. The quantitative estimate of drug-likeness (QED) is 0.827. The molecule has 1 aromatic carbocycles. The summed E-state index contributed by atoms with van der Waals surface area (Å²) >= 11 is 0. The molecule has 0 aliphatic carbocycles. The molecule has 0 aromatic heterocycles. The highest BCUT2D eigenvalue weighted by molar-refractivity contribution is 5.95. The molecule has 19 heavy (non-hydrogen) atoms. The van der Waals surface area contributed by atoms with Crippen LogP contribution in [-0.2, 0) is 4.74 Å². The van der Waals surface area contributed by atoms with E-state index >= 15 is 0 Å². The molecule has 1 saturated heterocycles. The van der Waals surface area contributed by atoms with E-state index in [0.29, 0.717) is 18.2 Å². The molecule has 1 aliphatic rings. The predicted octanol–water partition coefficient (Wildman–Crippen LogP) is 2.42. The lowest BCUT2D eigenvalue weighted by atomic mass is 10.1. The zero-order valence-corrected chi connectivity index (χ0v) is 11.4. The smallest absolute Gasteiger partial charge is 0.251 e. The summed E-state index contributed by atoms with van der Waals surface area (Å²) in [5.41, 5.74) is 1.67. The van der Waals surface area contributed by atoms with Gasteiger partial charge < -0.3 is 15.4 Å². The van der Waals surface area contributed by atoms with Crippen LogP contribution >= 0.6 is 0 Å². The fraction of sp³-hybridized carbons (Fsp3) is 0.533. The van der Waals surface area contributed by atoms with E-state index in [1.807, 2.05) is 31.2 Å². The molecule has 1 aliphatic heterocycles. The summed E-state index contributed by atoms with van der Waals surface area (Å²) in [6, 6.07) is 7.60. The van der Waals surface area contributed by atoms with Gasteiger partial charge in [0, 0.05) is 30.9 Å². The number of nitrogens with one attached hydrogen (secondary N) is 2. The van der Waals surface area contributed by atoms with E-state index in [0.717, 1.165) is 38.1 Å². The van der Waals surface area contributed by atoms with Gasteiger partial charge in [-0.1, -0.05) is 13.0 Å². The lowest BCUT2D eigenvalue weighted by Gasteiger charge is -2.12. The number of ether oxygens (including phenoxy) is 1. The van der Waals surface area contributed by atoms with Crippen LogP contribution in [0.2, 0.25) is 0 Å². The maximum absolute atomic E-state index is 11.9. The first-order chi connectivity index (χ1) is 9.29. The first-order valence-corrected chi connectivity index (χ1v) is 7.03. The molecule has 1 atom stereocenters. The second-order valence-corrected chi connectivity index (χ2v) is 4.85. The van der Waals surface area contributed by atoms with E-state index in [-0.39, 0.29) is 5.91 Å². The van der Waals surface area contributed by atoms with Crippen LogP contribution in [0.3, 0.4) is 0 Å². The minimum atomic E-state index is -0.0115. The van der Waals surface area contributed by atoms with Crippen molar-refractivity contribution in [2.24, 2.45) is 0 Å². The molecule has 1 fully saturated rings. The van der Waals surface area contributed by atoms with Crippen molar-refractivity contribution in [1.82, 2.24) is 5.32 Å². The van der Waals surface area contributed by atoms with Crippen LogP contribution in [-0.4, -0.2) is 31.7 Å². The molecule has 1 amide bonds. The molecule has 1 unspecified atom stereocenters. The molecule has 104 valence electrons. The molecule has 1 heterocycles. The molecule has 2 rings (SSSR count). The molecule has 2 N–H and O–H groups in total. The molecular weight excluding hydrogens is 240 g/mol. The predicted molar refractivity (Wildman–Crippen MR) is 76.5 cm³/mol. The number of benzene rings is 1. The number of anilines is 1. The number of amides is 1. The van der Waals surface area contributed by atoms with Crippen molar-refractivity contribution < 1.29 is 9.53 Å². The summed E-state index contributed by atoms with van der Waals surface area (Å²) in [5, 5.41) is 6.21. The van der Waals surface area contributed by atoms with Crippen LogP contribution in [0.1, 0.15) is 36.5 Å². The Morgan fingerprint density at radius 3 is 3.11 bits per heavy atom. The lowest BCUT2D eigenvalue weighted by Crippen LogP contribution is -2.24. The van der Waals surface area contributed by atoms with Gasteiger partial charge in [0.25, 0.3) is 5.91 Å². The van der Waals surface area contributed by atoms with Crippen molar-refractivity contribution in [1.29, 1.82) is 0 Å². The van der Waals surface area contributed by atoms with Crippen molar-refractivity contribution in [3.05, 3.63) is 29.8 Å². The Morgan fingerprint density at radius 2 is 2.37 bits per heavy atom. The Balaban J connectivity index is 1.88. The summed E-state index contributed by atoms with van der Waals surface area (Å²) < 4.78 is 5.56. The second-order valence-electron chi connectivity index (χ2n) is 4.85. The molecule has 0 bridgehead atoms. The van der Waals surface area contributed by atoms with Gasteiger partial charge in [0.15, 0.2) is 0 Å². The summed E-state index contributed by atoms with van der Waals surface area (Å²) in [4.78, 5) is 11.9. The SMILES string of the molecule is CCCNC(=O)c1cccc(NCC2CCCO2)c1. The average Bonchev–Trinajstić information content (AvgIpc) is 2.96. The molecule has 0 spiro atoms. The van der Waals surface area contributed by atoms with Gasteiger partial charge in [-0.15, -0.1) is 0 Å². The van der Waals surface area contributed by atoms with E-state index < -0.39 is 0 Å². The van der Waals surface area contributed by atoms with Gasteiger partial charge in [-0.05, 0) is 37.5 Å². The zero-order valence-electron chi connectivity index (χ0n) is 11.4. The maximum atomic E-state index is 11.9. The van der Waals surface area contributed by atoms with Crippen LogP contribution in [0.4, 0.5) is 5.69 Å². The lowest BCUT2D eigenvalue weighted by molar-refractivity contribution is 0.0953. The van der Waals surface area contributed by atoms with Crippen molar-refractivity contribution in [2.45, 2.75) is 32.3 Å². The van der Waals surface area contributed by atoms with E-state index in [4.69, 9.17) is 4.74 Å². The Labute approximate surface area is 114 Å². The fourth-order valence-electron chi connectivity index (χ4n) is 2.15. The molecule has 4 heteroatoms. The van der Waals surface area contributed by atoms with E-state index in [1.165, 1.54) is 0 Å². The van der Waals surface area contributed by atoms with Crippen molar-refractivity contribution in [3.63, 3.8) is 0 Å². The van der Waals surface area contributed by atoms with Crippen LogP contribution in [0, 0.1) is 0 Å². The maximum Gasteiger partial charge on any atom is 0.251 e. The Kier molecular flexibility index (Phi) is 5.21. The van der Waals surface area contributed by atoms with Gasteiger partial charge in [-0.25, -0.2) is 0 Å². The van der Waals surface area contributed by atoms with Crippen LogP contribution in [0.25, 0.3) is 0 Å². The van der Waals surface area contributed by atoms with Gasteiger partial charge in [-0.3, -0.25) is 4.79 Å². The van der Waals surface area contributed by atoms with E-state index in [9.17, 15) is 4.79 Å². The minimum Gasteiger partial charge on any atom is -0.382 e. The average molecular weight is 262 g/mol. The highest BCUT2D eigenvalue weighted by Gasteiger charge is 2.15. The summed E-state index contributed by atoms with van der Waals surface area (Å²) in [7, 11) is 0. The standard InChI is InChI=1S/C15H22N2O2/c1-2-8-16-15(18)12-5-3-6-13(10-12)17-11-14-7-4-9-19-14/h3,5-6,10,14,17H,2,4,7-9,11H2,1H3,(H,16,18). The Morgan fingerprint density at radius 1 is 1.47 bits per heavy atom. The molecular formula is C15H22N2O2. The molecule has 0 radical (unpaired) electrons. The van der Waals surface area contributed by atoms with Crippen molar-refractivity contribution in [2.75, 3.05) is 25.0 Å². The zero-order chi connectivity index (χ0) is 13.5. The van der Waals surface area contributed by atoms with Gasteiger partial charge in [-0.2, -0.15) is 0 Å². The second kappa shape index (κ2) is 7.14. The van der Waals surface area contributed by atoms with Gasteiger partial charge in [0.1, 0.15) is 0 Å². The number of rotatable bonds is 6. The fourth-order valence-corrected chi connectivity index (χ4v) is 2.15. The number of carbonyl (C=O) groups excluding carboxylic acids is 1.